The lowest BCUT2D eigenvalue weighted by atomic mass is 9.73. The van der Waals surface area contributed by atoms with Gasteiger partial charge in [0.15, 0.2) is 0 Å². The van der Waals surface area contributed by atoms with E-state index < -0.39 is 11.2 Å². The van der Waals surface area contributed by atoms with Gasteiger partial charge in [0.25, 0.3) is 0 Å². The summed E-state index contributed by atoms with van der Waals surface area (Å²) in [6, 6.07) is 4.19. The van der Waals surface area contributed by atoms with Gasteiger partial charge >= 0.3 is 0 Å². The summed E-state index contributed by atoms with van der Waals surface area (Å²) in [4.78, 5) is 25.9. The van der Waals surface area contributed by atoms with Crippen LogP contribution >= 0.6 is 0 Å². The van der Waals surface area contributed by atoms with E-state index in [4.69, 9.17) is 5.73 Å². The van der Waals surface area contributed by atoms with Crippen molar-refractivity contribution in [2.75, 3.05) is 10.6 Å². The van der Waals surface area contributed by atoms with Gasteiger partial charge in [0.1, 0.15) is 11.5 Å². The highest BCUT2D eigenvalue weighted by atomic mass is 19.1. The Morgan fingerprint density at radius 1 is 1.15 bits per heavy atom. The summed E-state index contributed by atoms with van der Waals surface area (Å²) in [5.74, 6) is -1.24. The molecule has 2 amide bonds. The van der Waals surface area contributed by atoms with Crippen molar-refractivity contribution in [3.05, 3.63) is 24.0 Å². The summed E-state index contributed by atoms with van der Waals surface area (Å²) in [6.07, 6.45) is 4.58. The van der Waals surface area contributed by atoms with Gasteiger partial charge in [-0.2, -0.15) is 0 Å². The molecule has 1 aliphatic carbocycles. The number of rotatable bonds is 1. The maximum absolute atomic E-state index is 14.0. The van der Waals surface area contributed by atoms with Gasteiger partial charge in [0.05, 0.1) is 11.1 Å². The molecule has 0 unspecified atom stereocenters. The van der Waals surface area contributed by atoms with Gasteiger partial charge in [-0.3, -0.25) is 9.59 Å². The Hall–Kier alpha value is -1.91. The molecular weight excluding hydrogens is 259 g/mol. The van der Waals surface area contributed by atoms with Crippen molar-refractivity contribution >= 4 is 23.2 Å². The monoisotopic (exact) mass is 276 g/mol. The number of carbonyl (C=O) groups excluding carboxylic acids is 2. The van der Waals surface area contributed by atoms with Crippen LogP contribution in [0, 0.1) is 11.2 Å². The van der Waals surface area contributed by atoms with E-state index in [0.29, 0.717) is 12.8 Å². The number of hydrogen-bond donors (Lipinski definition) is 1. The topological polar surface area (TPSA) is 63.4 Å². The molecule has 1 aliphatic heterocycles. The van der Waals surface area contributed by atoms with Crippen LogP contribution in [0.2, 0.25) is 0 Å². The molecule has 0 radical (unpaired) electrons. The van der Waals surface area contributed by atoms with Gasteiger partial charge in [-0.25, -0.2) is 9.29 Å². The smallest absolute Gasteiger partial charge is 0.240 e. The molecule has 0 bridgehead atoms. The molecular formula is C15H17FN2O2. The van der Waals surface area contributed by atoms with Gasteiger partial charge in [-0.05, 0) is 25.0 Å². The molecule has 4 nitrogen and oxygen atoms in total. The first-order valence-electron chi connectivity index (χ1n) is 6.96. The van der Waals surface area contributed by atoms with Gasteiger partial charge in [-0.1, -0.05) is 25.3 Å². The Morgan fingerprint density at radius 3 is 2.50 bits per heavy atom. The van der Waals surface area contributed by atoms with Crippen LogP contribution in [-0.2, 0) is 9.59 Å². The third-order valence-corrected chi connectivity index (χ3v) is 4.45. The van der Waals surface area contributed by atoms with E-state index in [1.807, 2.05) is 0 Å². The second-order valence-electron chi connectivity index (χ2n) is 5.73. The zero-order chi connectivity index (χ0) is 14.3. The number of nitrogen functional groups attached to an aromatic ring is 1. The number of amides is 2. The van der Waals surface area contributed by atoms with E-state index >= 15 is 0 Å². The minimum atomic E-state index is -0.625. The van der Waals surface area contributed by atoms with Crippen LogP contribution < -0.4 is 10.6 Å². The van der Waals surface area contributed by atoms with Crippen molar-refractivity contribution in [1.82, 2.24) is 0 Å². The molecule has 1 saturated heterocycles. The number of imide groups is 1. The molecule has 1 spiro atoms. The largest absolute Gasteiger partial charge is 0.397 e. The minimum absolute atomic E-state index is 0.0788. The van der Waals surface area contributed by atoms with E-state index in [9.17, 15) is 14.0 Å². The number of anilines is 2. The standard InChI is InChI=1S/C15H17FN2O2/c16-10-5-4-6-11(17)13(10)18-12(19)9-15(14(18)20)7-2-1-3-8-15/h4-6H,1-3,7-9,17H2. The second kappa shape index (κ2) is 4.58. The summed E-state index contributed by atoms with van der Waals surface area (Å²) in [5, 5.41) is 0. The predicted molar refractivity (Wildman–Crippen MR) is 73.4 cm³/mol. The van der Waals surface area contributed by atoms with Crippen LogP contribution in [0.15, 0.2) is 18.2 Å². The quantitative estimate of drug-likeness (QED) is 0.633. The van der Waals surface area contributed by atoms with E-state index in [2.05, 4.69) is 0 Å². The summed E-state index contributed by atoms with van der Waals surface area (Å²) < 4.78 is 14.0. The van der Waals surface area contributed by atoms with E-state index in [1.165, 1.54) is 18.2 Å². The third-order valence-electron chi connectivity index (χ3n) is 4.45. The Bertz CT molecular complexity index is 559. The van der Waals surface area contributed by atoms with E-state index in [1.54, 1.807) is 0 Å². The number of hydrogen-bond acceptors (Lipinski definition) is 3. The highest BCUT2D eigenvalue weighted by Crippen LogP contribution is 2.47. The van der Waals surface area contributed by atoms with Crippen molar-refractivity contribution in [3.8, 4) is 0 Å². The molecule has 1 aromatic rings. The molecule has 0 atom stereocenters. The first kappa shape index (κ1) is 13.1. The zero-order valence-corrected chi connectivity index (χ0v) is 11.2. The maximum atomic E-state index is 14.0. The number of benzene rings is 1. The number of nitrogens with two attached hydrogens (primary N) is 1. The predicted octanol–water partition coefficient (Wildman–Crippen LogP) is 2.62. The highest BCUT2D eigenvalue weighted by molar-refractivity contribution is 6.23. The molecule has 0 aromatic heterocycles. The van der Waals surface area contributed by atoms with Crippen LogP contribution in [0.1, 0.15) is 38.5 Å². The van der Waals surface area contributed by atoms with Gasteiger partial charge in [-0.15, -0.1) is 0 Å². The van der Waals surface area contributed by atoms with Crippen molar-refractivity contribution in [3.63, 3.8) is 0 Å². The Balaban J connectivity index is 2.03. The summed E-state index contributed by atoms with van der Waals surface area (Å²) in [6.45, 7) is 0. The second-order valence-corrected chi connectivity index (χ2v) is 5.73. The zero-order valence-electron chi connectivity index (χ0n) is 11.2. The van der Waals surface area contributed by atoms with Crippen LogP contribution in [0.4, 0.5) is 15.8 Å². The summed E-state index contributed by atoms with van der Waals surface area (Å²) in [7, 11) is 0. The van der Waals surface area contributed by atoms with Crippen molar-refractivity contribution in [1.29, 1.82) is 0 Å². The molecule has 2 fully saturated rings. The Morgan fingerprint density at radius 2 is 1.85 bits per heavy atom. The fourth-order valence-electron chi connectivity index (χ4n) is 3.41. The average molecular weight is 276 g/mol. The molecule has 1 saturated carbocycles. The first-order chi connectivity index (χ1) is 9.55. The van der Waals surface area contributed by atoms with Crippen molar-refractivity contribution < 1.29 is 14.0 Å². The lowest BCUT2D eigenvalue weighted by molar-refractivity contribution is -0.127. The normalized spacial score (nSPS) is 21.8. The molecule has 5 heteroatoms. The summed E-state index contributed by atoms with van der Waals surface area (Å²) >= 11 is 0. The van der Waals surface area contributed by atoms with Crippen LogP contribution in [0.3, 0.4) is 0 Å². The molecule has 2 N–H and O–H groups in total. The van der Waals surface area contributed by atoms with Crippen molar-refractivity contribution in [2.24, 2.45) is 5.41 Å². The van der Waals surface area contributed by atoms with Crippen LogP contribution in [0.25, 0.3) is 0 Å². The number of carbonyl (C=O) groups is 2. The molecule has 3 rings (SSSR count). The molecule has 2 aliphatic rings. The van der Waals surface area contributed by atoms with Crippen LogP contribution in [0.5, 0.6) is 0 Å². The first-order valence-corrected chi connectivity index (χ1v) is 6.96. The van der Waals surface area contributed by atoms with E-state index in [0.717, 1.165) is 24.2 Å². The van der Waals surface area contributed by atoms with Gasteiger partial charge in [0.2, 0.25) is 11.8 Å². The number of para-hydroxylation sites is 1. The number of halogens is 1. The molecule has 20 heavy (non-hydrogen) atoms. The SMILES string of the molecule is Nc1cccc(F)c1N1C(=O)CC2(CCCCC2)C1=O. The molecule has 1 aromatic carbocycles. The fourth-order valence-corrected chi connectivity index (χ4v) is 3.41. The Kier molecular flexibility index (Phi) is 3.00. The number of nitrogens with zero attached hydrogens (tertiary/aromatic N) is 1. The van der Waals surface area contributed by atoms with Gasteiger partial charge < -0.3 is 5.73 Å². The fraction of sp³-hybridized carbons (Fsp3) is 0.467. The Labute approximate surface area is 116 Å². The third kappa shape index (κ3) is 1.80. The highest BCUT2D eigenvalue weighted by Gasteiger charge is 2.52. The summed E-state index contributed by atoms with van der Waals surface area (Å²) in [5.41, 5.74) is 5.18. The maximum Gasteiger partial charge on any atom is 0.240 e. The molecule has 1 heterocycles. The lowest BCUT2D eigenvalue weighted by Crippen LogP contribution is -2.37. The van der Waals surface area contributed by atoms with Gasteiger partial charge in [0, 0.05) is 6.42 Å². The lowest BCUT2D eigenvalue weighted by Gasteiger charge is -2.30. The van der Waals surface area contributed by atoms with Crippen LogP contribution in [-0.4, -0.2) is 11.8 Å². The average Bonchev–Trinajstić information content (AvgIpc) is 2.64. The van der Waals surface area contributed by atoms with E-state index in [-0.39, 0.29) is 29.6 Å². The molecule has 106 valence electrons. The minimum Gasteiger partial charge on any atom is -0.397 e. The van der Waals surface area contributed by atoms with Crippen molar-refractivity contribution in [2.45, 2.75) is 38.5 Å².